The van der Waals surface area contributed by atoms with Crippen molar-refractivity contribution in [1.29, 1.82) is 0 Å². The van der Waals surface area contributed by atoms with Gasteiger partial charge >= 0.3 is 5.97 Å². The monoisotopic (exact) mass is 1640 g/mol. The van der Waals surface area contributed by atoms with E-state index in [2.05, 4.69) is 94.4 Å². The summed E-state index contributed by atoms with van der Waals surface area (Å²) in [5.74, 6) is -23.9. The summed E-state index contributed by atoms with van der Waals surface area (Å²) in [6.07, 6.45) is 1.87. The maximum atomic E-state index is 14.7. The van der Waals surface area contributed by atoms with Crippen molar-refractivity contribution in [2.75, 3.05) is 55.9 Å². The third-order valence-corrected chi connectivity index (χ3v) is 21.9. The number of carboxylic acids is 1. The number of imidazole rings is 2. The Kier molecular flexibility index (Phi) is 37.6. The van der Waals surface area contributed by atoms with Gasteiger partial charge in [0, 0.05) is 72.6 Å². The summed E-state index contributed by atoms with van der Waals surface area (Å²) < 4.78 is 0. The van der Waals surface area contributed by atoms with E-state index in [0.29, 0.717) is 0 Å². The molecule has 48 heteroatoms. The number of H-pyrrole nitrogens is 2. The Hall–Kier alpha value is -9.88. The Labute approximate surface area is 650 Å². The number of carbonyl (C=O) groups is 18. The molecule has 0 aromatic carbocycles. The van der Waals surface area contributed by atoms with Crippen LogP contribution in [0.3, 0.4) is 0 Å². The molecule has 3 aliphatic heterocycles. The number of carboxylic acid groups (broad SMARTS) is 1. The Morgan fingerprint density at radius 3 is 1.50 bits per heavy atom. The Balaban J connectivity index is 1.65. The predicted molar refractivity (Wildman–Crippen MR) is 396 cm³/mol. The van der Waals surface area contributed by atoms with Crippen LogP contribution in [0.5, 0.6) is 0 Å². The molecule has 0 saturated carbocycles. The fourth-order valence-corrected chi connectivity index (χ4v) is 15.7. The van der Waals surface area contributed by atoms with Crippen molar-refractivity contribution < 1.29 is 107 Å². The first-order valence-corrected chi connectivity index (χ1v) is 39.9. The lowest BCUT2D eigenvalue weighted by molar-refractivity contribution is -0.142. The number of hydrogen-bond acceptors (Lipinski definition) is 28. The summed E-state index contributed by atoms with van der Waals surface area (Å²) in [4.78, 5) is 266. The third kappa shape index (κ3) is 29.4. The lowest BCUT2D eigenvalue weighted by Gasteiger charge is -2.30. The van der Waals surface area contributed by atoms with Gasteiger partial charge in [-0.25, -0.2) is 9.97 Å². The first-order valence-electron chi connectivity index (χ1n) is 34.9. The molecule has 5 heterocycles. The first-order chi connectivity index (χ1) is 52.6. The number of aromatic nitrogens is 4. The van der Waals surface area contributed by atoms with Crippen molar-refractivity contribution in [1.82, 2.24) is 99.3 Å². The average Bonchev–Trinajstić information content (AvgIpc) is 1.73. The summed E-state index contributed by atoms with van der Waals surface area (Å²) >= 11 is 0. The van der Waals surface area contributed by atoms with Crippen LogP contribution in [0.2, 0.25) is 0 Å². The van der Waals surface area contributed by atoms with Crippen LogP contribution in [0.1, 0.15) is 84.5 Å². The quantitative estimate of drug-likeness (QED) is 0.0616. The van der Waals surface area contributed by atoms with E-state index in [1.807, 2.05) is 0 Å². The number of nitrogens with zero attached hydrogens (tertiary/aromatic N) is 3. The fourth-order valence-electron chi connectivity index (χ4n) is 11.0. The van der Waals surface area contributed by atoms with Crippen LogP contribution < -0.4 is 91.6 Å². The van der Waals surface area contributed by atoms with Gasteiger partial charge in [-0.15, -0.1) is 0 Å². The highest BCUT2D eigenvalue weighted by Crippen LogP contribution is 2.26. The molecule has 0 aliphatic carbocycles. The van der Waals surface area contributed by atoms with Crippen molar-refractivity contribution >= 4 is 150 Å². The highest BCUT2D eigenvalue weighted by molar-refractivity contribution is 8.77. The van der Waals surface area contributed by atoms with E-state index >= 15 is 0 Å². The highest BCUT2D eigenvalue weighted by atomic mass is 33.1. The van der Waals surface area contributed by atoms with Gasteiger partial charge in [-0.3, -0.25) is 86.3 Å². The number of carbonyl (C=O) groups excluding carboxylic acids is 17. The van der Waals surface area contributed by atoms with Crippen molar-refractivity contribution in [2.24, 2.45) is 29.0 Å². The maximum Gasteiger partial charge on any atom is 0.303 e. The van der Waals surface area contributed by atoms with E-state index in [4.69, 9.17) is 17.2 Å². The van der Waals surface area contributed by atoms with Gasteiger partial charge in [0.1, 0.15) is 90.6 Å². The van der Waals surface area contributed by atoms with E-state index in [-0.39, 0.29) is 43.6 Å². The number of primary amides is 2. The largest absolute Gasteiger partial charge is 0.481 e. The molecular weight excluding hydrogens is 1550 g/mol. The van der Waals surface area contributed by atoms with E-state index in [0.717, 1.165) is 48.1 Å². The summed E-state index contributed by atoms with van der Waals surface area (Å²) in [5.41, 5.74) is 17.4. The summed E-state index contributed by atoms with van der Waals surface area (Å²) in [5, 5.41) is 75.1. The summed E-state index contributed by atoms with van der Waals surface area (Å²) in [6.45, 7) is 3.03. The second kappa shape index (κ2) is 45.4. The Morgan fingerprint density at radius 2 is 0.991 bits per heavy atom. The number of aliphatic hydroxyl groups excluding tert-OH is 3. The molecule has 2 aromatic rings. The smallest absolute Gasteiger partial charge is 0.303 e. The van der Waals surface area contributed by atoms with Crippen LogP contribution in [0.15, 0.2) is 25.0 Å². The van der Waals surface area contributed by atoms with Gasteiger partial charge < -0.3 is 127 Å². The normalized spacial score (nSPS) is 27.5. The molecule has 2 aromatic heterocycles. The third-order valence-electron chi connectivity index (χ3n) is 17.0. The predicted octanol–water partition coefficient (Wildman–Crippen LogP) is -10.6. The molecule has 111 heavy (non-hydrogen) atoms. The van der Waals surface area contributed by atoms with Gasteiger partial charge in [-0.1, -0.05) is 70.9 Å². The average molecular weight is 1640 g/mol. The minimum absolute atomic E-state index is 0.0351. The number of nitrogens with two attached hydrogens (primary N) is 3. The number of aromatic amines is 2. The number of nitrogens with one attached hydrogen (secondary N) is 16. The second-order valence-electron chi connectivity index (χ2n) is 26.5. The van der Waals surface area contributed by atoms with Gasteiger partial charge in [0.2, 0.25) is 100 Å². The molecule has 0 radical (unpaired) electrons. The van der Waals surface area contributed by atoms with Gasteiger partial charge in [0.05, 0.1) is 45.4 Å². The number of amides is 17. The van der Waals surface area contributed by atoms with E-state index in [1.54, 1.807) is 13.8 Å². The Morgan fingerprint density at radius 1 is 0.532 bits per heavy atom. The summed E-state index contributed by atoms with van der Waals surface area (Å²) in [6, 6.07) is -25.9. The van der Waals surface area contributed by atoms with E-state index in [1.165, 1.54) is 45.8 Å². The highest BCUT2D eigenvalue weighted by Gasteiger charge is 2.42. The number of fused-ring (bicyclic) bond motifs is 9. The number of aliphatic hydroxyl groups is 3. The zero-order valence-corrected chi connectivity index (χ0v) is 64.3. The molecule has 3 aliphatic rings. The fraction of sp³-hybridized carbons (Fsp3) is 0.619. The van der Waals surface area contributed by atoms with Crippen molar-refractivity contribution in [3.05, 3.63) is 36.4 Å². The van der Waals surface area contributed by atoms with E-state index in [9.17, 15) is 107 Å². The van der Waals surface area contributed by atoms with Crippen LogP contribution in [-0.4, -0.2) is 298 Å². The lowest BCUT2D eigenvalue weighted by atomic mass is 10.0. The van der Waals surface area contributed by atoms with Crippen LogP contribution in [0, 0.1) is 11.8 Å². The van der Waals surface area contributed by atoms with Crippen LogP contribution >= 0.6 is 43.2 Å². The number of rotatable bonds is 18. The van der Waals surface area contributed by atoms with Gasteiger partial charge in [-0.2, -0.15) is 0 Å². The Bertz CT molecular complexity index is 3640. The van der Waals surface area contributed by atoms with Crippen LogP contribution in [-0.2, 0) is 99.1 Å². The maximum absolute atomic E-state index is 14.7. The molecule has 2 bridgehead atoms. The molecule has 0 unspecified atom stereocenters. The number of aliphatic carboxylic acids is 1. The standard InChI is InChI=1S/C63H96N22O22S4/c1-27(2)11-33-52(96)81-40(49(66)93)21-108-110-24-43-60(104)79-38(19-87)56(100)77-36(13-31-17-68-26-70-31)63(107)85-10-6-7-44(85)61(105)71-29(5)50(94)82-42(23-111-109-22-41(58(102)83-43)72-46(90)15-64)59(103)80-39(20-88)57(101)84-48(28(3)4)62(106)76-35(14-45(65)89)54(98)75-34(12-30-16-67-25-69-30)53(97)78-37(18-86)55(99)73-32(51(95)74-33)8-9-47(91)92/h16-17,25-29,32-44,48,86-88H,6-15,18-24,64H2,1-5H3,(H2,65,89)(H2,66,93)(H,67,69)(H,68,70)(H,71,105)(H,72,90)(H,73,99)(H,74,95)(H,75,98)(H,76,106)(H,77,100)(H,78,97)(H,79,104)(H,80,103)(H,81,96)(H,82,94)(H,83,102)(H,84,101)(H,91,92)/t29-,32-,33-,34-,35-,36-,37-,38-,39-,40-,41-,42-,43-,44-,48-/m0/s1. The first kappa shape index (κ1) is 91.7. The molecule has 15 atom stereocenters. The number of hydrogen-bond donors (Lipinski definition) is 23. The second-order valence-corrected chi connectivity index (χ2v) is 31.6. The molecular formula is C63H96N22O22S4. The molecule has 614 valence electrons. The lowest BCUT2D eigenvalue weighted by Crippen LogP contribution is -2.62. The topological polar surface area (TPSA) is 695 Å². The SMILES string of the molecule is CC(C)C[C@@H]1NC(=O)[C@H](CCC(=O)O)NC(=O)[C@H](CO)NC(=O)[C@H](Cc2cnc[nH]2)NC(=O)[C@H](CC(N)=O)NC(=O)[C@H](C(C)C)NC(=O)[C@H](CO)NC(=O)[C@@H]2CSSC[C@H](NC(=O)CN)C(=O)N[C@@H](CSSC[C@@H](C(N)=O)NC1=O)C(=O)N[C@@H](CO)C(=O)N[C@@H](Cc1cnc[nH]1)C(=O)N1CCC[C@H]1C(=O)N[C@@H](C)C(=O)N2. The molecule has 3 saturated heterocycles. The van der Waals surface area contributed by atoms with Crippen molar-refractivity contribution in [3.63, 3.8) is 0 Å². The van der Waals surface area contributed by atoms with Crippen LogP contribution in [0.25, 0.3) is 0 Å². The van der Waals surface area contributed by atoms with Crippen molar-refractivity contribution in [3.8, 4) is 0 Å². The van der Waals surface area contributed by atoms with Crippen LogP contribution in [0.4, 0.5) is 0 Å². The zero-order chi connectivity index (χ0) is 82.3. The molecule has 44 nitrogen and oxygen atoms in total. The van der Waals surface area contributed by atoms with Gasteiger partial charge in [0.15, 0.2) is 0 Å². The van der Waals surface area contributed by atoms with Gasteiger partial charge in [-0.05, 0) is 44.4 Å². The van der Waals surface area contributed by atoms with Gasteiger partial charge in [0.25, 0.3) is 0 Å². The minimum atomic E-state index is -2.01. The minimum Gasteiger partial charge on any atom is -0.481 e. The summed E-state index contributed by atoms with van der Waals surface area (Å²) in [7, 11) is 3.10. The molecule has 0 spiro atoms. The molecule has 17 amide bonds. The molecule has 26 N–H and O–H groups in total. The van der Waals surface area contributed by atoms with E-state index < -0.39 is 284 Å². The van der Waals surface area contributed by atoms with Crippen molar-refractivity contribution in [2.45, 2.75) is 177 Å². The zero-order valence-electron chi connectivity index (χ0n) is 61.0. The molecule has 5 rings (SSSR count). The molecule has 3 fully saturated rings.